The summed E-state index contributed by atoms with van der Waals surface area (Å²) in [6, 6.07) is 3.04. The number of fused-ring (bicyclic) bond motifs is 1. The third-order valence-corrected chi connectivity index (χ3v) is 1.97. The summed E-state index contributed by atoms with van der Waals surface area (Å²) < 4.78 is 1.74. The molecule has 72 valence electrons. The maximum absolute atomic E-state index is 10.7. The van der Waals surface area contributed by atoms with Gasteiger partial charge in [0.05, 0.1) is 11.3 Å². The molecule has 5 nitrogen and oxygen atoms in total. The molecule has 2 heterocycles. The van der Waals surface area contributed by atoms with Crippen molar-refractivity contribution in [2.45, 2.75) is 6.54 Å². The van der Waals surface area contributed by atoms with Crippen molar-refractivity contribution >= 4 is 11.6 Å². The third kappa shape index (κ3) is 1.33. The van der Waals surface area contributed by atoms with E-state index in [1.807, 2.05) is 0 Å². The number of imidazole rings is 1. The number of aromatic carboxylic acids is 1. The first-order valence-electron chi connectivity index (χ1n) is 4.11. The molecule has 0 aromatic carbocycles. The normalized spacial score (nSPS) is 10.6. The van der Waals surface area contributed by atoms with E-state index in [9.17, 15) is 4.79 Å². The highest BCUT2D eigenvalue weighted by Crippen LogP contribution is 2.07. The Morgan fingerprint density at radius 2 is 2.43 bits per heavy atom. The topological polar surface area (TPSA) is 80.6 Å². The van der Waals surface area contributed by atoms with Crippen molar-refractivity contribution in [3.63, 3.8) is 0 Å². The molecule has 0 spiro atoms. The van der Waals surface area contributed by atoms with E-state index in [4.69, 9.17) is 10.8 Å². The number of carboxylic acid groups (broad SMARTS) is 1. The lowest BCUT2D eigenvalue weighted by Gasteiger charge is -1.94. The predicted molar refractivity (Wildman–Crippen MR) is 50.0 cm³/mol. The van der Waals surface area contributed by atoms with Crippen LogP contribution in [0.15, 0.2) is 24.5 Å². The lowest BCUT2D eigenvalue weighted by atomic mass is 10.3. The number of aromatic nitrogens is 2. The highest BCUT2D eigenvalue weighted by Gasteiger charge is 2.05. The van der Waals surface area contributed by atoms with Gasteiger partial charge in [0.15, 0.2) is 0 Å². The van der Waals surface area contributed by atoms with Crippen molar-refractivity contribution in [2.24, 2.45) is 5.73 Å². The zero-order valence-corrected chi connectivity index (χ0v) is 7.34. The molecule has 3 N–H and O–H groups in total. The minimum atomic E-state index is -0.954. The summed E-state index contributed by atoms with van der Waals surface area (Å²) in [6.07, 6.45) is 3.44. The highest BCUT2D eigenvalue weighted by atomic mass is 16.4. The number of rotatable bonds is 2. The summed E-state index contributed by atoms with van der Waals surface area (Å²) in [5.41, 5.74) is 6.99. The fraction of sp³-hybridized carbons (Fsp3) is 0.111. The van der Waals surface area contributed by atoms with Crippen LogP contribution < -0.4 is 5.73 Å². The van der Waals surface area contributed by atoms with E-state index in [0.29, 0.717) is 12.2 Å². The van der Waals surface area contributed by atoms with Crippen molar-refractivity contribution in [1.29, 1.82) is 0 Å². The summed E-state index contributed by atoms with van der Waals surface area (Å²) in [5, 5.41) is 8.75. The van der Waals surface area contributed by atoms with Crippen molar-refractivity contribution in [1.82, 2.24) is 9.38 Å². The molecule has 0 saturated heterocycles. The molecule has 0 radical (unpaired) electrons. The van der Waals surface area contributed by atoms with E-state index >= 15 is 0 Å². The fourth-order valence-corrected chi connectivity index (χ4v) is 1.27. The van der Waals surface area contributed by atoms with Crippen LogP contribution in [0.2, 0.25) is 0 Å². The van der Waals surface area contributed by atoms with Crippen LogP contribution in [0, 0.1) is 0 Å². The maximum atomic E-state index is 10.7. The quantitative estimate of drug-likeness (QED) is 0.723. The Kier molecular flexibility index (Phi) is 1.94. The second kappa shape index (κ2) is 3.12. The molecular formula is C9H9N3O2. The Balaban J connectivity index is 2.59. The van der Waals surface area contributed by atoms with E-state index in [1.165, 1.54) is 12.1 Å². The van der Waals surface area contributed by atoms with E-state index in [-0.39, 0.29) is 5.56 Å². The molecule has 0 aliphatic carbocycles. The number of carboxylic acids is 1. The second-order valence-electron chi connectivity index (χ2n) is 2.92. The van der Waals surface area contributed by atoms with Gasteiger partial charge >= 0.3 is 5.97 Å². The molecule has 0 aliphatic rings. The zero-order valence-electron chi connectivity index (χ0n) is 7.34. The average molecular weight is 191 g/mol. The Hall–Kier alpha value is -1.88. The van der Waals surface area contributed by atoms with Crippen LogP contribution in [0.3, 0.4) is 0 Å². The minimum Gasteiger partial charge on any atom is -0.478 e. The molecule has 0 saturated carbocycles. The maximum Gasteiger partial charge on any atom is 0.335 e. The van der Waals surface area contributed by atoms with Gasteiger partial charge in [-0.2, -0.15) is 0 Å². The van der Waals surface area contributed by atoms with Crippen molar-refractivity contribution in [2.75, 3.05) is 0 Å². The Labute approximate surface area is 79.8 Å². The average Bonchev–Trinajstić information content (AvgIpc) is 2.58. The lowest BCUT2D eigenvalue weighted by Crippen LogP contribution is -1.97. The van der Waals surface area contributed by atoms with Gasteiger partial charge in [0.2, 0.25) is 0 Å². The van der Waals surface area contributed by atoms with Crippen molar-refractivity contribution in [3.05, 3.63) is 35.8 Å². The van der Waals surface area contributed by atoms with Crippen molar-refractivity contribution < 1.29 is 9.90 Å². The molecule has 2 aromatic rings. The number of nitrogens with zero attached hydrogens (tertiary/aromatic N) is 2. The monoisotopic (exact) mass is 191 g/mol. The molecule has 0 unspecified atom stereocenters. The van der Waals surface area contributed by atoms with Gasteiger partial charge in [0.25, 0.3) is 0 Å². The summed E-state index contributed by atoms with van der Waals surface area (Å²) >= 11 is 0. The Bertz CT molecular complexity index is 490. The van der Waals surface area contributed by atoms with E-state index in [1.54, 1.807) is 16.8 Å². The van der Waals surface area contributed by atoms with Crippen LogP contribution in [0.1, 0.15) is 16.1 Å². The van der Waals surface area contributed by atoms with Crippen LogP contribution in [-0.4, -0.2) is 20.5 Å². The number of hydrogen-bond acceptors (Lipinski definition) is 3. The molecule has 0 atom stereocenters. The van der Waals surface area contributed by atoms with Gasteiger partial charge in [-0.25, -0.2) is 9.78 Å². The molecule has 2 rings (SSSR count). The number of hydrogen-bond donors (Lipinski definition) is 2. The lowest BCUT2D eigenvalue weighted by molar-refractivity contribution is 0.0697. The molecule has 0 bridgehead atoms. The van der Waals surface area contributed by atoms with Gasteiger partial charge in [0.1, 0.15) is 5.65 Å². The molecule has 2 aromatic heterocycles. The Morgan fingerprint density at radius 3 is 3.07 bits per heavy atom. The largest absolute Gasteiger partial charge is 0.478 e. The first-order valence-corrected chi connectivity index (χ1v) is 4.11. The first-order chi connectivity index (χ1) is 6.70. The van der Waals surface area contributed by atoms with E-state index < -0.39 is 5.97 Å². The first kappa shape index (κ1) is 8.71. The molecule has 5 heteroatoms. The van der Waals surface area contributed by atoms with Crippen LogP contribution in [0.25, 0.3) is 5.65 Å². The Morgan fingerprint density at radius 1 is 1.64 bits per heavy atom. The van der Waals surface area contributed by atoms with Crippen LogP contribution >= 0.6 is 0 Å². The summed E-state index contributed by atoms with van der Waals surface area (Å²) in [7, 11) is 0. The van der Waals surface area contributed by atoms with Gasteiger partial charge in [-0.3, -0.25) is 0 Å². The fourth-order valence-electron chi connectivity index (χ4n) is 1.27. The van der Waals surface area contributed by atoms with Gasteiger partial charge in [-0.15, -0.1) is 0 Å². The molecule has 0 aliphatic heterocycles. The highest BCUT2D eigenvalue weighted by molar-refractivity contribution is 5.88. The number of nitrogens with two attached hydrogens (primary N) is 1. The van der Waals surface area contributed by atoms with Gasteiger partial charge in [0, 0.05) is 18.9 Å². The standard InChI is InChI=1S/C9H9N3O2/c10-4-7-5-12-2-1-6(9(13)14)3-8(12)11-7/h1-3,5H,4,10H2,(H,13,14). The van der Waals surface area contributed by atoms with Crippen LogP contribution in [0.5, 0.6) is 0 Å². The van der Waals surface area contributed by atoms with Crippen molar-refractivity contribution in [3.8, 4) is 0 Å². The summed E-state index contributed by atoms with van der Waals surface area (Å²) in [6.45, 7) is 0.351. The predicted octanol–water partition coefficient (Wildman–Crippen LogP) is 0.491. The smallest absolute Gasteiger partial charge is 0.335 e. The van der Waals surface area contributed by atoms with Crippen LogP contribution in [0.4, 0.5) is 0 Å². The second-order valence-corrected chi connectivity index (χ2v) is 2.92. The van der Waals surface area contributed by atoms with Gasteiger partial charge < -0.3 is 15.2 Å². The van der Waals surface area contributed by atoms with E-state index in [2.05, 4.69) is 4.98 Å². The molecule has 0 fully saturated rings. The summed E-state index contributed by atoms with van der Waals surface area (Å²) in [4.78, 5) is 14.8. The number of carbonyl (C=O) groups is 1. The van der Waals surface area contributed by atoms with E-state index in [0.717, 1.165) is 5.69 Å². The van der Waals surface area contributed by atoms with Gasteiger partial charge in [-0.05, 0) is 12.1 Å². The zero-order chi connectivity index (χ0) is 10.1. The van der Waals surface area contributed by atoms with Gasteiger partial charge in [-0.1, -0.05) is 0 Å². The molecule has 14 heavy (non-hydrogen) atoms. The SMILES string of the molecule is NCc1cn2ccc(C(=O)O)cc2n1. The number of pyridine rings is 1. The molecule has 0 amide bonds. The third-order valence-electron chi connectivity index (χ3n) is 1.97. The minimum absolute atomic E-state index is 0.228. The van der Waals surface area contributed by atoms with Crippen LogP contribution in [-0.2, 0) is 6.54 Å². The molecular weight excluding hydrogens is 182 g/mol. The summed E-state index contributed by atoms with van der Waals surface area (Å²) in [5.74, 6) is -0.954.